The van der Waals surface area contributed by atoms with E-state index in [9.17, 15) is 22.8 Å². The predicted molar refractivity (Wildman–Crippen MR) is 61.5 cm³/mol. The fourth-order valence-corrected chi connectivity index (χ4v) is 1.38. The summed E-state index contributed by atoms with van der Waals surface area (Å²) in [6, 6.07) is 2.31. The van der Waals surface area contributed by atoms with Crippen LogP contribution in [0.1, 0.15) is 10.4 Å². The number of benzene rings is 1. The van der Waals surface area contributed by atoms with Crippen molar-refractivity contribution in [3.05, 3.63) is 28.8 Å². The van der Waals surface area contributed by atoms with Crippen LogP contribution in [-0.2, 0) is 0 Å². The van der Waals surface area contributed by atoms with Gasteiger partial charge in [0.2, 0.25) is 0 Å². The molecule has 0 fully saturated rings. The Bertz CT molecular complexity index is 505. The van der Waals surface area contributed by atoms with Crippen LogP contribution in [0.2, 0.25) is 5.02 Å². The highest BCUT2D eigenvalue weighted by Crippen LogP contribution is 2.19. The van der Waals surface area contributed by atoms with Crippen molar-refractivity contribution in [2.45, 2.75) is 6.18 Å². The fourth-order valence-electron chi connectivity index (χ4n) is 1.14. The van der Waals surface area contributed by atoms with E-state index in [1.54, 1.807) is 5.32 Å². The summed E-state index contributed by atoms with van der Waals surface area (Å²) in [4.78, 5) is 21.9. The largest absolute Gasteiger partial charge is 0.478 e. The first-order chi connectivity index (χ1) is 8.67. The van der Waals surface area contributed by atoms with Crippen molar-refractivity contribution >= 4 is 29.3 Å². The van der Waals surface area contributed by atoms with E-state index < -0.39 is 24.7 Å². The molecule has 0 bridgehead atoms. The number of carboxylic acids is 1. The predicted octanol–water partition coefficient (Wildman–Crippen LogP) is 2.72. The van der Waals surface area contributed by atoms with Crippen LogP contribution in [0.15, 0.2) is 18.2 Å². The molecule has 1 aromatic carbocycles. The molecule has 0 aliphatic heterocycles. The summed E-state index contributed by atoms with van der Waals surface area (Å²) in [5.74, 6) is -1.28. The number of hydrogen-bond donors (Lipinski definition) is 3. The summed E-state index contributed by atoms with van der Waals surface area (Å²) in [6.07, 6.45) is -4.53. The number of nitrogens with one attached hydrogen (secondary N) is 2. The molecule has 0 aliphatic carbocycles. The molecule has 104 valence electrons. The van der Waals surface area contributed by atoms with Gasteiger partial charge in [0.25, 0.3) is 0 Å². The Labute approximate surface area is 110 Å². The van der Waals surface area contributed by atoms with Gasteiger partial charge in [-0.3, -0.25) is 0 Å². The normalized spacial score (nSPS) is 10.9. The number of carbonyl (C=O) groups is 2. The van der Waals surface area contributed by atoms with E-state index >= 15 is 0 Å². The summed E-state index contributed by atoms with van der Waals surface area (Å²) in [6.45, 7) is -1.49. The highest BCUT2D eigenvalue weighted by atomic mass is 35.5. The van der Waals surface area contributed by atoms with E-state index in [0.717, 1.165) is 12.1 Å². The zero-order chi connectivity index (χ0) is 14.6. The Morgan fingerprint density at radius 2 is 1.89 bits per heavy atom. The van der Waals surface area contributed by atoms with Crippen molar-refractivity contribution < 1.29 is 27.9 Å². The third-order valence-electron chi connectivity index (χ3n) is 1.85. The number of amides is 2. The second-order valence-electron chi connectivity index (χ2n) is 3.46. The minimum absolute atomic E-state index is 0.0235. The summed E-state index contributed by atoms with van der Waals surface area (Å²) < 4.78 is 35.5. The zero-order valence-corrected chi connectivity index (χ0v) is 9.97. The molecule has 3 N–H and O–H groups in total. The van der Waals surface area contributed by atoms with Crippen molar-refractivity contribution in [3.63, 3.8) is 0 Å². The SMILES string of the molecule is O=C(NCC(F)(F)F)Nc1cc(Cl)cc(C(=O)O)c1. The third-order valence-corrected chi connectivity index (χ3v) is 2.07. The lowest BCUT2D eigenvalue weighted by molar-refractivity contribution is -0.122. The molecule has 19 heavy (non-hydrogen) atoms. The highest BCUT2D eigenvalue weighted by Gasteiger charge is 2.27. The molecule has 1 aromatic rings. The van der Waals surface area contributed by atoms with E-state index in [0.29, 0.717) is 0 Å². The highest BCUT2D eigenvalue weighted by molar-refractivity contribution is 6.31. The Balaban J connectivity index is 2.71. The fraction of sp³-hybridized carbons (Fsp3) is 0.200. The summed E-state index contributed by atoms with van der Waals surface area (Å²) >= 11 is 5.61. The minimum atomic E-state index is -4.53. The van der Waals surface area contributed by atoms with Crippen LogP contribution in [0.25, 0.3) is 0 Å². The number of aromatic carboxylic acids is 1. The summed E-state index contributed by atoms with van der Waals surface area (Å²) in [7, 11) is 0. The first kappa shape index (κ1) is 15.1. The monoisotopic (exact) mass is 296 g/mol. The topological polar surface area (TPSA) is 78.4 Å². The van der Waals surface area contributed by atoms with Crippen molar-refractivity contribution in [2.75, 3.05) is 11.9 Å². The molecule has 5 nitrogen and oxygen atoms in total. The van der Waals surface area contributed by atoms with E-state index in [1.807, 2.05) is 0 Å². The Hall–Kier alpha value is -1.96. The van der Waals surface area contributed by atoms with Gasteiger partial charge in [0.15, 0.2) is 0 Å². The summed E-state index contributed by atoms with van der Waals surface area (Å²) in [5.41, 5.74) is -0.219. The van der Waals surface area contributed by atoms with Gasteiger partial charge in [0.1, 0.15) is 6.54 Å². The molecule has 0 aromatic heterocycles. The van der Waals surface area contributed by atoms with Crippen LogP contribution in [-0.4, -0.2) is 29.8 Å². The number of halogens is 4. The number of alkyl halides is 3. The molecule has 0 heterocycles. The van der Waals surface area contributed by atoms with Gasteiger partial charge in [0, 0.05) is 10.7 Å². The van der Waals surface area contributed by atoms with Gasteiger partial charge in [-0.15, -0.1) is 0 Å². The number of anilines is 1. The second-order valence-corrected chi connectivity index (χ2v) is 3.89. The quantitative estimate of drug-likeness (QED) is 0.802. The van der Waals surface area contributed by atoms with E-state index in [4.69, 9.17) is 16.7 Å². The lowest BCUT2D eigenvalue weighted by Gasteiger charge is -2.10. The Morgan fingerprint density at radius 1 is 1.26 bits per heavy atom. The maximum absolute atomic E-state index is 11.8. The van der Waals surface area contributed by atoms with Gasteiger partial charge in [-0.05, 0) is 18.2 Å². The maximum Gasteiger partial charge on any atom is 0.405 e. The van der Waals surface area contributed by atoms with Gasteiger partial charge < -0.3 is 15.7 Å². The Kier molecular flexibility index (Phi) is 4.60. The van der Waals surface area contributed by atoms with Crippen molar-refractivity contribution in [1.82, 2.24) is 5.32 Å². The average molecular weight is 297 g/mol. The smallest absolute Gasteiger partial charge is 0.405 e. The van der Waals surface area contributed by atoms with Gasteiger partial charge in [-0.25, -0.2) is 9.59 Å². The third kappa shape index (κ3) is 5.47. The van der Waals surface area contributed by atoms with Crippen LogP contribution in [0.5, 0.6) is 0 Å². The van der Waals surface area contributed by atoms with Crippen molar-refractivity contribution in [1.29, 1.82) is 0 Å². The Morgan fingerprint density at radius 3 is 2.42 bits per heavy atom. The molecule has 0 saturated carbocycles. The van der Waals surface area contributed by atoms with Gasteiger partial charge >= 0.3 is 18.2 Å². The lowest BCUT2D eigenvalue weighted by Crippen LogP contribution is -2.36. The standard InChI is InChI=1S/C10H8ClF3N2O3/c11-6-1-5(8(17)18)2-7(3-6)16-9(19)15-4-10(12,13)14/h1-3H,4H2,(H,17,18)(H2,15,16,19). The molecule has 0 saturated heterocycles. The molecule has 9 heteroatoms. The first-order valence-electron chi connectivity index (χ1n) is 4.83. The molecule has 0 atom stereocenters. The van der Waals surface area contributed by atoms with E-state index in [1.165, 1.54) is 6.07 Å². The molecule has 0 spiro atoms. The van der Waals surface area contributed by atoms with Crippen molar-refractivity contribution in [2.24, 2.45) is 0 Å². The number of urea groups is 1. The number of hydrogen-bond acceptors (Lipinski definition) is 2. The molecule has 2 amide bonds. The molecule has 0 radical (unpaired) electrons. The summed E-state index contributed by atoms with van der Waals surface area (Å²) in [5, 5.41) is 12.4. The number of carbonyl (C=O) groups excluding carboxylic acids is 1. The van der Waals surface area contributed by atoms with E-state index in [-0.39, 0.29) is 16.3 Å². The van der Waals surface area contributed by atoms with Gasteiger partial charge in [-0.1, -0.05) is 11.6 Å². The van der Waals surface area contributed by atoms with Gasteiger partial charge in [0.05, 0.1) is 5.56 Å². The number of carboxylic acid groups (broad SMARTS) is 1. The molecule has 0 unspecified atom stereocenters. The van der Waals surface area contributed by atoms with Crippen LogP contribution in [0.4, 0.5) is 23.7 Å². The van der Waals surface area contributed by atoms with Crippen molar-refractivity contribution in [3.8, 4) is 0 Å². The van der Waals surface area contributed by atoms with Crippen LogP contribution >= 0.6 is 11.6 Å². The first-order valence-corrected chi connectivity index (χ1v) is 5.20. The molecule has 0 aliphatic rings. The number of rotatable bonds is 3. The minimum Gasteiger partial charge on any atom is -0.478 e. The maximum atomic E-state index is 11.8. The van der Waals surface area contributed by atoms with E-state index in [2.05, 4.69) is 5.32 Å². The van der Waals surface area contributed by atoms with Gasteiger partial charge in [-0.2, -0.15) is 13.2 Å². The zero-order valence-electron chi connectivity index (χ0n) is 9.21. The van der Waals surface area contributed by atoms with Crippen LogP contribution in [0.3, 0.4) is 0 Å². The van der Waals surface area contributed by atoms with Crippen LogP contribution in [0, 0.1) is 0 Å². The lowest BCUT2D eigenvalue weighted by atomic mass is 10.2. The molecular formula is C10H8ClF3N2O3. The second kappa shape index (κ2) is 5.79. The average Bonchev–Trinajstić information content (AvgIpc) is 2.24. The molecular weight excluding hydrogens is 289 g/mol. The van der Waals surface area contributed by atoms with Crippen LogP contribution < -0.4 is 10.6 Å². The molecule has 1 rings (SSSR count).